The number of hydrogen-bond acceptors (Lipinski definition) is 5. The van der Waals surface area contributed by atoms with E-state index in [1.807, 2.05) is 64.6 Å². The molecular weight excluding hydrogens is 506 g/mol. The van der Waals surface area contributed by atoms with Crippen molar-refractivity contribution in [3.05, 3.63) is 88.6 Å². The summed E-state index contributed by atoms with van der Waals surface area (Å²) in [4.78, 5) is 31.1. The van der Waals surface area contributed by atoms with E-state index >= 15 is 0 Å². The molecule has 2 amide bonds. The fourth-order valence-electron chi connectivity index (χ4n) is 4.65. The molecule has 0 radical (unpaired) electrons. The monoisotopic (exact) mass is 539 g/mol. The quantitative estimate of drug-likeness (QED) is 0.381. The van der Waals surface area contributed by atoms with Crippen molar-refractivity contribution in [3.63, 3.8) is 0 Å². The van der Waals surface area contributed by atoms with Gasteiger partial charge >= 0.3 is 0 Å². The molecule has 0 aliphatic carbocycles. The van der Waals surface area contributed by atoms with Crippen molar-refractivity contribution in [1.29, 1.82) is 0 Å². The summed E-state index contributed by atoms with van der Waals surface area (Å²) < 4.78 is 28.0. The molecule has 9 heteroatoms. The smallest absolute Gasteiger partial charge is 0.263 e. The average molecular weight is 540 g/mol. The Morgan fingerprint density at radius 3 is 2.19 bits per heavy atom. The number of hydrogen-bond donors (Lipinski definition) is 0. The summed E-state index contributed by atoms with van der Waals surface area (Å²) in [7, 11) is -3.81. The lowest BCUT2D eigenvalue weighted by Crippen LogP contribution is -2.51. The Balaban J connectivity index is 1.52. The van der Waals surface area contributed by atoms with Crippen molar-refractivity contribution in [2.24, 2.45) is 0 Å². The van der Waals surface area contributed by atoms with Crippen LogP contribution in [0.15, 0.2) is 83.1 Å². The predicted octanol–water partition coefficient (Wildman–Crippen LogP) is 4.48. The molecule has 2 aromatic carbocycles. The Morgan fingerprint density at radius 1 is 0.946 bits per heavy atom. The van der Waals surface area contributed by atoms with Gasteiger partial charge < -0.3 is 9.80 Å². The first-order valence-electron chi connectivity index (χ1n) is 12.6. The molecule has 0 N–H and O–H groups in total. The molecule has 3 aromatic rings. The van der Waals surface area contributed by atoms with Crippen molar-refractivity contribution >= 4 is 33.2 Å². The number of nitrogens with zero attached hydrogens (tertiary/aromatic N) is 3. The van der Waals surface area contributed by atoms with E-state index in [2.05, 4.69) is 0 Å². The van der Waals surface area contributed by atoms with Gasteiger partial charge in [-0.15, -0.1) is 11.3 Å². The summed E-state index contributed by atoms with van der Waals surface area (Å²) in [6.45, 7) is 3.46. The third-order valence-electron chi connectivity index (χ3n) is 6.61. The van der Waals surface area contributed by atoms with Crippen molar-refractivity contribution in [1.82, 2.24) is 14.1 Å². The molecule has 4 rings (SSSR count). The Hall–Kier alpha value is -3.01. The third kappa shape index (κ3) is 6.66. The van der Waals surface area contributed by atoms with Gasteiger partial charge in [0.1, 0.15) is 0 Å². The van der Waals surface area contributed by atoms with Gasteiger partial charge in [0, 0.05) is 32.2 Å². The molecule has 196 valence electrons. The molecule has 1 aromatic heterocycles. The van der Waals surface area contributed by atoms with E-state index in [4.69, 9.17) is 0 Å². The lowest BCUT2D eigenvalue weighted by atomic mass is 10.0. The molecule has 1 aliphatic heterocycles. The van der Waals surface area contributed by atoms with Gasteiger partial charge in [0.2, 0.25) is 15.9 Å². The lowest BCUT2D eigenvalue weighted by Gasteiger charge is -2.39. The number of sulfonamides is 1. The highest BCUT2D eigenvalue weighted by atomic mass is 32.2. The average Bonchev–Trinajstić information content (AvgIpc) is 3.47. The van der Waals surface area contributed by atoms with Crippen LogP contribution in [0.3, 0.4) is 0 Å². The Kier molecular flexibility index (Phi) is 9.13. The second-order valence-electron chi connectivity index (χ2n) is 9.16. The molecule has 7 nitrogen and oxygen atoms in total. The molecular formula is C28H33N3O4S2. The van der Waals surface area contributed by atoms with E-state index in [1.54, 1.807) is 30.3 Å². The van der Waals surface area contributed by atoms with Crippen LogP contribution in [0.2, 0.25) is 0 Å². The number of amides is 2. The number of rotatable bonds is 10. The van der Waals surface area contributed by atoms with Gasteiger partial charge in [0.05, 0.1) is 16.3 Å². The topological polar surface area (TPSA) is 78.0 Å². The minimum absolute atomic E-state index is 0.0254. The van der Waals surface area contributed by atoms with Crippen LogP contribution in [0.25, 0.3) is 0 Å². The van der Waals surface area contributed by atoms with E-state index in [1.165, 1.54) is 15.6 Å². The predicted molar refractivity (Wildman–Crippen MR) is 146 cm³/mol. The zero-order valence-electron chi connectivity index (χ0n) is 21.0. The van der Waals surface area contributed by atoms with E-state index in [0.29, 0.717) is 38.9 Å². The van der Waals surface area contributed by atoms with E-state index in [9.17, 15) is 18.0 Å². The molecule has 2 heterocycles. The van der Waals surface area contributed by atoms with Gasteiger partial charge in [-0.2, -0.15) is 4.31 Å². The largest absolute Gasteiger partial charge is 0.338 e. The van der Waals surface area contributed by atoms with Crippen molar-refractivity contribution in [2.45, 2.75) is 43.7 Å². The first kappa shape index (κ1) is 27.0. The number of thiophene rings is 1. The van der Waals surface area contributed by atoms with Crippen LogP contribution in [0.4, 0.5) is 0 Å². The Labute approximate surface area is 223 Å². The van der Waals surface area contributed by atoms with Crippen molar-refractivity contribution < 1.29 is 18.0 Å². The first-order valence-corrected chi connectivity index (χ1v) is 14.9. The second-order valence-corrected chi connectivity index (χ2v) is 12.0. The zero-order valence-corrected chi connectivity index (χ0v) is 22.7. The standard InChI is InChI=1S/C28H33N3O4S2/c1-2-17-30(37(34,35)25-12-7-4-8-13-25)22-27(32)31(21-23-10-5-3-6-11-23)24-15-18-29(19-16-24)28(33)26-14-9-20-36-26/h3-14,20,24H,2,15-19,21-22H2,1H3. The van der Waals surface area contributed by atoms with Crippen LogP contribution < -0.4 is 0 Å². The normalized spacial score (nSPS) is 14.6. The summed E-state index contributed by atoms with van der Waals surface area (Å²) in [5, 5.41) is 1.89. The summed E-state index contributed by atoms with van der Waals surface area (Å²) in [6.07, 6.45) is 1.89. The van der Waals surface area contributed by atoms with Crippen LogP contribution in [0, 0.1) is 0 Å². The number of piperidine rings is 1. The second kappa shape index (κ2) is 12.5. The molecule has 0 atom stereocenters. The number of likely N-dealkylation sites (tertiary alicyclic amines) is 1. The number of benzene rings is 2. The van der Waals surface area contributed by atoms with E-state index < -0.39 is 10.0 Å². The summed E-state index contributed by atoms with van der Waals surface area (Å²) in [5.41, 5.74) is 0.987. The van der Waals surface area contributed by atoms with Gasteiger partial charge in [-0.3, -0.25) is 9.59 Å². The maximum atomic E-state index is 13.8. The summed E-state index contributed by atoms with van der Waals surface area (Å²) >= 11 is 1.43. The van der Waals surface area contributed by atoms with E-state index in [-0.39, 0.29) is 35.8 Å². The SMILES string of the molecule is CCCN(CC(=O)N(Cc1ccccc1)C1CCN(C(=O)c2cccs2)CC1)S(=O)(=O)c1ccccc1. The fraction of sp³-hybridized carbons (Fsp3) is 0.357. The number of carbonyl (C=O) groups is 2. The van der Waals surface area contributed by atoms with Crippen LogP contribution >= 0.6 is 11.3 Å². The summed E-state index contributed by atoms with van der Waals surface area (Å²) in [6, 6.07) is 21.6. The van der Waals surface area contributed by atoms with Gasteiger partial charge in [-0.05, 0) is 48.4 Å². The van der Waals surface area contributed by atoms with Crippen molar-refractivity contribution in [2.75, 3.05) is 26.2 Å². The molecule has 0 saturated carbocycles. The van der Waals surface area contributed by atoms with Gasteiger partial charge in [0.25, 0.3) is 5.91 Å². The number of carbonyl (C=O) groups excluding carboxylic acids is 2. The first-order chi connectivity index (χ1) is 17.9. The van der Waals surface area contributed by atoms with Crippen LogP contribution in [0.5, 0.6) is 0 Å². The van der Waals surface area contributed by atoms with Gasteiger partial charge in [-0.1, -0.05) is 61.5 Å². The molecule has 0 bridgehead atoms. The Morgan fingerprint density at radius 2 is 1.59 bits per heavy atom. The van der Waals surface area contributed by atoms with Crippen molar-refractivity contribution in [3.8, 4) is 0 Å². The van der Waals surface area contributed by atoms with Crippen LogP contribution in [-0.4, -0.2) is 66.6 Å². The lowest BCUT2D eigenvalue weighted by molar-refractivity contribution is -0.135. The molecule has 1 aliphatic rings. The van der Waals surface area contributed by atoms with E-state index in [0.717, 1.165) is 10.4 Å². The highest BCUT2D eigenvalue weighted by Crippen LogP contribution is 2.23. The Bertz CT molecular complexity index is 1260. The minimum atomic E-state index is -3.81. The molecule has 0 spiro atoms. The maximum absolute atomic E-state index is 13.8. The fourth-order valence-corrected chi connectivity index (χ4v) is 6.85. The van der Waals surface area contributed by atoms with Crippen LogP contribution in [0.1, 0.15) is 41.4 Å². The molecule has 1 fully saturated rings. The molecule has 0 unspecified atom stereocenters. The van der Waals surface area contributed by atoms with Gasteiger partial charge in [-0.25, -0.2) is 8.42 Å². The highest BCUT2D eigenvalue weighted by molar-refractivity contribution is 7.89. The van der Waals surface area contributed by atoms with Crippen LogP contribution in [-0.2, 0) is 21.4 Å². The molecule has 1 saturated heterocycles. The maximum Gasteiger partial charge on any atom is 0.263 e. The summed E-state index contributed by atoms with van der Waals surface area (Å²) in [5.74, 6) is -0.197. The molecule has 37 heavy (non-hydrogen) atoms. The zero-order chi connectivity index (χ0) is 26.3. The third-order valence-corrected chi connectivity index (χ3v) is 9.32. The minimum Gasteiger partial charge on any atom is -0.338 e. The highest BCUT2D eigenvalue weighted by Gasteiger charge is 2.33. The van der Waals surface area contributed by atoms with Gasteiger partial charge in [0.15, 0.2) is 0 Å².